The molecule has 0 saturated heterocycles. The van der Waals surface area contributed by atoms with E-state index >= 15 is 0 Å². The van der Waals surface area contributed by atoms with Gasteiger partial charge in [-0.2, -0.15) is 5.10 Å². The van der Waals surface area contributed by atoms with Gasteiger partial charge in [0.1, 0.15) is 5.51 Å². The summed E-state index contributed by atoms with van der Waals surface area (Å²) in [6.45, 7) is 0. The summed E-state index contributed by atoms with van der Waals surface area (Å²) >= 11 is 1.23. The molecule has 29 heavy (non-hydrogen) atoms. The molecule has 10 heteroatoms. The van der Waals surface area contributed by atoms with Crippen molar-refractivity contribution in [3.63, 3.8) is 0 Å². The van der Waals surface area contributed by atoms with Gasteiger partial charge in [0.05, 0.1) is 22.7 Å². The SMILES string of the molecule is O=C(Cc1cn(-c2ccccc2)nc1-c1ccc([N+](=O)[O-])cc1)Nc1nncs1. The van der Waals surface area contributed by atoms with Gasteiger partial charge in [-0.15, -0.1) is 10.2 Å². The summed E-state index contributed by atoms with van der Waals surface area (Å²) in [7, 11) is 0. The van der Waals surface area contributed by atoms with Crippen LogP contribution in [0.1, 0.15) is 5.56 Å². The van der Waals surface area contributed by atoms with E-state index in [0.717, 1.165) is 5.69 Å². The Morgan fingerprint density at radius 1 is 1.14 bits per heavy atom. The number of nitro benzene ring substituents is 1. The van der Waals surface area contributed by atoms with Crippen molar-refractivity contribution in [3.05, 3.63) is 82.0 Å². The van der Waals surface area contributed by atoms with E-state index in [4.69, 9.17) is 0 Å². The number of carbonyl (C=O) groups excluding carboxylic acids is 1. The molecule has 0 unspecified atom stereocenters. The van der Waals surface area contributed by atoms with Gasteiger partial charge in [0.15, 0.2) is 0 Å². The van der Waals surface area contributed by atoms with Crippen molar-refractivity contribution in [2.75, 3.05) is 5.32 Å². The predicted molar refractivity (Wildman–Crippen MR) is 108 cm³/mol. The van der Waals surface area contributed by atoms with Gasteiger partial charge in [0, 0.05) is 29.5 Å². The number of nitrogens with one attached hydrogen (secondary N) is 1. The fourth-order valence-electron chi connectivity index (χ4n) is 2.80. The second-order valence-corrected chi connectivity index (χ2v) is 6.89. The third-order valence-corrected chi connectivity index (χ3v) is 4.73. The molecule has 0 fully saturated rings. The number of amides is 1. The largest absolute Gasteiger partial charge is 0.300 e. The van der Waals surface area contributed by atoms with Crippen molar-refractivity contribution < 1.29 is 9.72 Å². The number of hydrogen-bond donors (Lipinski definition) is 1. The molecule has 0 radical (unpaired) electrons. The lowest BCUT2D eigenvalue weighted by molar-refractivity contribution is -0.384. The highest BCUT2D eigenvalue weighted by molar-refractivity contribution is 7.13. The molecule has 0 atom stereocenters. The second kappa shape index (κ2) is 7.98. The van der Waals surface area contributed by atoms with Gasteiger partial charge in [-0.1, -0.05) is 29.5 Å². The molecule has 0 aliphatic carbocycles. The Kier molecular flexibility index (Phi) is 5.08. The van der Waals surface area contributed by atoms with E-state index in [9.17, 15) is 14.9 Å². The highest BCUT2D eigenvalue weighted by atomic mass is 32.1. The minimum atomic E-state index is -0.456. The van der Waals surface area contributed by atoms with Gasteiger partial charge >= 0.3 is 0 Å². The molecule has 0 saturated carbocycles. The van der Waals surface area contributed by atoms with E-state index in [-0.39, 0.29) is 18.0 Å². The fraction of sp³-hybridized carbons (Fsp3) is 0.0526. The molecular weight excluding hydrogens is 392 g/mol. The van der Waals surface area contributed by atoms with Crippen molar-refractivity contribution in [3.8, 4) is 16.9 Å². The van der Waals surface area contributed by atoms with Crippen LogP contribution in [0.3, 0.4) is 0 Å². The van der Waals surface area contributed by atoms with E-state index in [1.165, 1.54) is 29.0 Å². The minimum Gasteiger partial charge on any atom is -0.300 e. The maximum Gasteiger partial charge on any atom is 0.269 e. The van der Waals surface area contributed by atoms with Gasteiger partial charge in [-0.05, 0) is 24.3 Å². The first kappa shape index (κ1) is 18.4. The Morgan fingerprint density at radius 3 is 2.55 bits per heavy atom. The Labute approximate surface area is 168 Å². The van der Waals surface area contributed by atoms with Gasteiger partial charge in [-0.25, -0.2) is 4.68 Å². The molecule has 2 aromatic carbocycles. The predicted octanol–water partition coefficient (Wildman–Crippen LogP) is 3.48. The summed E-state index contributed by atoms with van der Waals surface area (Å²) in [5, 5.41) is 26.2. The molecule has 4 rings (SSSR count). The minimum absolute atomic E-state index is 0.00759. The third-order valence-electron chi connectivity index (χ3n) is 4.12. The molecule has 1 amide bonds. The number of carbonyl (C=O) groups is 1. The van der Waals surface area contributed by atoms with Crippen molar-refractivity contribution in [2.45, 2.75) is 6.42 Å². The summed E-state index contributed by atoms with van der Waals surface area (Å²) in [4.78, 5) is 22.9. The van der Waals surface area contributed by atoms with Gasteiger partial charge in [0.25, 0.3) is 5.69 Å². The number of nitro groups is 1. The molecule has 4 aromatic rings. The highest BCUT2D eigenvalue weighted by Crippen LogP contribution is 2.26. The van der Waals surface area contributed by atoms with Crippen LogP contribution in [0.25, 0.3) is 16.9 Å². The number of para-hydroxylation sites is 1. The molecule has 144 valence electrons. The zero-order valence-corrected chi connectivity index (χ0v) is 15.7. The molecule has 0 aliphatic rings. The smallest absolute Gasteiger partial charge is 0.269 e. The van der Waals surface area contributed by atoms with Crippen LogP contribution >= 0.6 is 11.3 Å². The summed E-state index contributed by atoms with van der Waals surface area (Å²) in [5.41, 5.74) is 4.31. The number of non-ortho nitro benzene ring substituents is 1. The lowest BCUT2D eigenvalue weighted by Gasteiger charge is -2.03. The Bertz CT molecular complexity index is 1140. The molecule has 2 heterocycles. The quantitative estimate of drug-likeness (QED) is 0.387. The first-order valence-corrected chi connectivity index (χ1v) is 9.43. The maximum absolute atomic E-state index is 12.5. The average Bonchev–Trinajstić information content (AvgIpc) is 3.39. The lowest BCUT2D eigenvalue weighted by Crippen LogP contribution is -2.14. The van der Waals surface area contributed by atoms with Crippen LogP contribution in [-0.4, -0.2) is 30.8 Å². The molecule has 1 N–H and O–H groups in total. The summed E-state index contributed by atoms with van der Waals surface area (Å²) < 4.78 is 1.68. The highest BCUT2D eigenvalue weighted by Gasteiger charge is 2.17. The molecule has 0 aliphatic heterocycles. The summed E-state index contributed by atoms with van der Waals surface area (Å²) in [6.07, 6.45) is 1.85. The van der Waals surface area contributed by atoms with Crippen LogP contribution in [0, 0.1) is 10.1 Å². The molecule has 0 bridgehead atoms. The van der Waals surface area contributed by atoms with Crippen LogP contribution < -0.4 is 5.32 Å². The van der Waals surface area contributed by atoms with Gasteiger partial charge in [-0.3, -0.25) is 14.9 Å². The lowest BCUT2D eigenvalue weighted by atomic mass is 10.1. The van der Waals surface area contributed by atoms with Crippen LogP contribution in [0.2, 0.25) is 0 Å². The molecule has 2 aromatic heterocycles. The van der Waals surface area contributed by atoms with Crippen LogP contribution in [0.4, 0.5) is 10.8 Å². The Hall–Kier alpha value is -3.92. The average molecular weight is 406 g/mol. The summed E-state index contributed by atoms with van der Waals surface area (Å²) in [5.74, 6) is -0.252. The number of nitrogens with zero attached hydrogens (tertiary/aromatic N) is 5. The van der Waals surface area contributed by atoms with Crippen molar-refractivity contribution in [1.29, 1.82) is 0 Å². The van der Waals surface area contributed by atoms with Crippen molar-refractivity contribution >= 4 is 28.1 Å². The van der Waals surface area contributed by atoms with Crippen LogP contribution in [0.5, 0.6) is 0 Å². The fourth-order valence-corrected chi connectivity index (χ4v) is 3.26. The van der Waals surface area contributed by atoms with Gasteiger partial charge in [0.2, 0.25) is 11.0 Å². The van der Waals surface area contributed by atoms with Crippen molar-refractivity contribution in [2.24, 2.45) is 0 Å². The normalized spacial score (nSPS) is 10.6. The molecule has 9 nitrogen and oxygen atoms in total. The maximum atomic E-state index is 12.5. The number of benzene rings is 2. The topological polar surface area (TPSA) is 116 Å². The number of anilines is 1. The first-order chi connectivity index (χ1) is 14.1. The Balaban J connectivity index is 1.68. The molecular formula is C19H14N6O3S. The van der Waals surface area contributed by atoms with E-state index in [1.807, 2.05) is 30.3 Å². The number of hydrogen-bond acceptors (Lipinski definition) is 7. The van der Waals surface area contributed by atoms with Crippen LogP contribution in [-0.2, 0) is 11.2 Å². The van der Waals surface area contributed by atoms with Crippen molar-refractivity contribution in [1.82, 2.24) is 20.0 Å². The second-order valence-electron chi connectivity index (χ2n) is 6.06. The van der Waals surface area contributed by atoms with E-state index in [1.54, 1.807) is 23.0 Å². The third kappa shape index (κ3) is 4.17. The summed E-state index contributed by atoms with van der Waals surface area (Å²) in [6, 6.07) is 15.6. The monoisotopic (exact) mass is 406 g/mol. The number of aromatic nitrogens is 4. The Morgan fingerprint density at radius 2 is 1.90 bits per heavy atom. The van der Waals surface area contributed by atoms with Crippen LogP contribution in [0.15, 0.2) is 66.3 Å². The van der Waals surface area contributed by atoms with E-state index in [2.05, 4.69) is 20.6 Å². The zero-order chi connectivity index (χ0) is 20.2. The van der Waals surface area contributed by atoms with Gasteiger partial charge < -0.3 is 5.32 Å². The van der Waals surface area contributed by atoms with E-state index < -0.39 is 4.92 Å². The number of rotatable bonds is 6. The molecule has 0 spiro atoms. The standard InChI is InChI=1S/C19H14N6O3S/c26-17(21-19-22-20-12-29-19)10-14-11-24(15-4-2-1-3-5-15)23-18(14)13-6-8-16(9-7-13)25(27)28/h1-9,11-12H,10H2,(H,21,22,26). The zero-order valence-electron chi connectivity index (χ0n) is 14.9. The van der Waals surface area contributed by atoms with E-state index in [0.29, 0.717) is 22.0 Å². The first-order valence-electron chi connectivity index (χ1n) is 8.55.